The predicted octanol–water partition coefficient (Wildman–Crippen LogP) is 5.38. The largest absolute Gasteiger partial charge is 0.462 e. The molecule has 62 heavy (non-hydrogen) atoms. The standard InChI is InChI=1S/C48H72O14/c1-11-25(2)43-28(5)17-18-47(62-43)23-34-20-33(61-47)16-15-27(4)42(26(3)13-12-14-32-24-55-45-40(49)29(6)19-35(46(51)58-34)48(32,45)52)59-39-22-37(54-10)44(31(8)57-39)60-38-21-36(53-9)41(50)30(7)56-38/h12-15,17-19,25-26,28,30-31,33-45,49-50,52H,11,16,20-24H2,1-10H3/b13-12+,27-15-,32-14+/t25-,26-,28-,30-,31-,33+,34-,35-,36-,37-,38-,39-,40+,41-,42-,43+,44-,45+,47+,48+/m0/s1. The molecule has 4 saturated heterocycles. The molecule has 1 aliphatic carbocycles. The van der Waals surface area contributed by atoms with E-state index in [1.165, 1.54) is 0 Å². The van der Waals surface area contributed by atoms with Gasteiger partial charge in [0.25, 0.3) is 0 Å². The van der Waals surface area contributed by atoms with Crippen LogP contribution >= 0.6 is 0 Å². The number of hydrogen-bond donors (Lipinski definition) is 3. The van der Waals surface area contributed by atoms with Crippen molar-refractivity contribution in [2.24, 2.45) is 23.7 Å². The first-order chi connectivity index (χ1) is 29.5. The van der Waals surface area contributed by atoms with E-state index in [2.05, 4.69) is 39.8 Å². The fraction of sp³-hybridized carbons (Fsp3) is 0.771. The third kappa shape index (κ3) is 9.64. The van der Waals surface area contributed by atoms with Gasteiger partial charge in [-0.15, -0.1) is 0 Å². The molecule has 7 rings (SSSR count). The van der Waals surface area contributed by atoms with Gasteiger partial charge in [0.1, 0.15) is 42.0 Å². The minimum Gasteiger partial charge on any atom is -0.462 e. The third-order valence-corrected chi connectivity index (χ3v) is 14.5. The number of aliphatic hydroxyl groups excluding tert-OH is 2. The van der Waals surface area contributed by atoms with Gasteiger partial charge in [-0.1, -0.05) is 70.6 Å². The van der Waals surface area contributed by atoms with Crippen LogP contribution in [0.15, 0.2) is 59.3 Å². The SMILES string of the molecule is CC[C@H](C)[C@H]1O[C@]2(C=C[C@@H]1C)C[C@@H]1C[C@@H](C/C=C(/C)[C@@H](O[C@H]3C[C@H](OC)[C@@H](O[C@H]4C[C@H](OC)[C@@H](O)[C@H](C)O4)[C@H](C)O3)[C@@H](C)/C=C/C=C3\CO[C@@H]4[C@H](O)C(C)=C[C@@H](C(=O)O1)[C@]34O)O2. The molecule has 6 aliphatic heterocycles. The van der Waals surface area contributed by atoms with Gasteiger partial charge in [0.05, 0.1) is 49.3 Å². The summed E-state index contributed by atoms with van der Waals surface area (Å²) in [6, 6.07) is 0. The van der Waals surface area contributed by atoms with Crippen LogP contribution in [0.1, 0.15) is 93.9 Å². The van der Waals surface area contributed by atoms with E-state index in [4.69, 9.17) is 47.4 Å². The second-order valence-electron chi connectivity index (χ2n) is 19.0. The molecule has 20 atom stereocenters. The molecule has 4 fully saturated rings. The van der Waals surface area contributed by atoms with Crippen LogP contribution < -0.4 is 0 Å². The Morgan fingerprint density at radius 1 is 0.887 bits per heavy atom. The number of esters is 1. The summed E-state index contributed by atoms with van der Waals surface area (Å²) < 4.78 is 63.7. The maximum atomic E-state index is 14.3. The Morgan fingerprint density at radius 2 is 1.60 bits per heavy atom. The number of allylic oxidation sites excluding steroid dienone is 2. The Hall–Kier alpha value is -2.31. The molecular weight excluding hydrogens is 801 g/mol. The number of carbonyl (C=O) groups excluding carboxylic acids is 1. The molecular formula is C48H72O14. The molecule has 0 saturated carbocycles. The molecule has 14 heteroatoms. The highest BCUT2D eigenvalue weighted by Gasteiger charge is 2.60. The van der Waals surface area contributed by atoms with Gasteiger partial charge in [-0.05, 0) is 62.8 Å². The van der Waals surface area contributed by atoms with Crippen LogP contribution in [0.5, 0.6) is 0 Å². The van der Waals surface area contributed by atoms with Crippen molar-refractivity contribution in [2.45, 2.75) is 191 Å². The number of fused-ring (bicyclic) bond motifs is 2. The van der Waals surface area contributed by atoms with Gasteiger partial charge < -0.3 is 62.7 Å². The molecule has 0 aromatic rings. The second-order valence-corrected chi connectivity index (χ2v) is 19.0. The topological polar surface area (TPSA) is 170 Å². The van der Waals surface area contributed by atoms with Gasteiger partial charge in [0.15, 0.2) is 18.4 Å². The molecule has 0 radical (unpaired) electrons. The summed E-state index contributed by atoms with van der Waals surface area (Å²) in [6.07, 6.45) is 8.55. The van der Waals surface area contributed by atoms with Gasteiger partial charge in [0.2, 0.25) is 0 Å². The lowest BCUT2D eigenvalue weighted by Gasteiger charge is -2.48. The summed E-state index contributed by atoms with van der Waals surface area (Å²) in [5, 5.41) is 34.2. The van der Waals surface area contributed by atoms with E-state index < -0.39 is 90.8 Å². The van der Waals surface area contributed by atoms with Crippen molar-refractivity contribution >= 4 is 5.97 Å². The highest BCUT2D eigenvalue weighted by Crippen LogP contribution is 2.47. The van der Waals surface area contributed by atoms with Gasteiger partial charge in [0, 0.05) is 51.7 Å². The number of ether oxygens (including phenoxy) is 10. The van der Waals surface area contributed by atoms with Crippen LogP contribution in [-0.2, 0) is 52.2 Å². The highest BCUT2D eigenvalue weighted by molar-refractivity contribution is 5.78. The summed E-state index contributed by atoms with van der Waals surface area (Å²) in [4.78, 5) is 14.3. The van der Waals surface area contributed by atoms with E-state index in [-0.39, 0.29) is 42.7 Å². The van der Waals surface area contributed by atoms with Crippen molar-refractivity contribution < 1.29 is 67.5 Å². The molecule has 348 valence electrons. The zero-order valence-corrected chi connectivity index (χ0v) is 38.2. The Morgan fingerprint density at radius 3 is 2.32 bits per heavy atom. The number of carbonyl (C=O) groups is 1. The molecule has 7 aliphatic rings. The van der Waals surface area contributed by atoms with Crippen molar-refractivity contribution in [2.75, 3.05) is 20.8 Å². The fourth-order valence-corrected chi connectivity index (χ4v) is 10.6. The van der Waals surface area contributed by atoms with Crippen molar-refractivity contribution in [3.8, 4) is 0 Å². The van der Waals surface area contributed by atoms with Crippen LogP contribution in [0.3, 0.4) is 0 Å². The quantitative estimate of drug-likeness (QED) is 0.210. The highest BCUT2D eigenvalue weighted by atomic mass is 16.7. The predicted molar refractivity (Wildman–Crippen MR) is 227 cm³/mol. The lowest BCUT2D eigenvalue weighted by atomic mass is 9.71. The Bertz CT molecular complexity index is 1730. The maximum absolute atomic E-state index is 14.3. The van der Waals surface area contributed by atoms with Gasteiger partial charge in [-0.2, -0.15) is 0 Å². The van der Waals surface area contributed by atoms with Gasteiger partial charge >= 0.3 is 5.97 Å². The second kappa shape index (κ2) is 19.7. The first kappa shape index (κ1) is 47.6. The van der Waals surface area contributed by atoms with Crippen LogP contribution in [-0.4, -0.2) is 139 Å². The van der Waals surface area contributed by atoms with E-state index >= 15 is 0 Å². The summed E-state index contributed by atoms with van der Waals surface area (Å²) in [7, 11) is 3.22. The average Bonchev–Trinajstić information content (AvgIpc) is 3.58. The summed E-state index contributed by atoms with van der Waals surface area (Å²) in [6.45, 7) is 16.1. The van der Waals surface area contributed by atoms with E-state index in [9.17, 15) is 20.1 Å². The summed E-state index contributed by atoms with van der Waals surface area (Å²) in [5.41, 5.74) is 0.134. The molecule has 0 amide bonds. The Kier molecular flexibility index (Phi) is 15.1. The molecule has 2 bridgehead atoms. The van der Waals surface area contributed by atoms with Gasteiger partial charge in [-0.3, -0.25) is 4.79 Å². The van der Waals surface area contributed by atoms with Crippen LogP contribution in [0.25, 0.3) is 0 Å². The van der Waals surface area contributed by atoms with E-state index in [0.29, 0.717) is 43.3 Å². The Balaban J connectivity index is 1.18. The normalized spacial score (nSPS) is 49.1. The molecule has 3 N–H and O–H groups in total. The average molecular weight is 873 g/mol. The molecule has 0 aromatic carbocycles. The first-order valence-electron chi connectivity index (χ1n) is 22.9. The molecule has 1 spiro atoms. The lowest BCUT2D eigenvalue weighted by Crippen LogP contribution is -2.58. The minimum absolute atomic E-state index is 0.0317. The maximum Gasteiger partial charge on any atom is 0.316 e. The molecule has 6 heterocycles. The van der Waals surface area contributed by atoms with E-state index in [1.54, 1.807) is 40.2 Å². The van der Waals surface area contributed by atoms with Crippen LogP contribution in [0, 0.1) is 23.7 Å². The number of methoxy groups -OCH3 is 2. The number of hydrogen-bond acceptors (Lipinski definition) is 14. The zero-order chi connectivity index (χ0) is 44.7. The van der Waals surface area contributed by atoms with Crippen molar-refractivity contribution in [3.63, 3.8) is 0 Å². The summed E-state index contributed by atoms with van der Waals surface area (Å²) >= 11 is 0. The van der Waals surface area contributed by atoms with E-state index in [0.717, 1.165) is 12.0 Å². The summed E-state index contributed by atoms with van der Waals surface area (Å²) in [5.74, 6) is -2.56. The van der Waals surface area contributed by atoms with Crippen molar-refractivity contribution in [3.05, 3.63) is 59.3 Å². The monoisotopic (exact) mass is 872 g/mol. The first-order valence-corrected chi connectivity index (χ1v) is 22.9. The number of aliphatic hydroxyl groups is 3. The van der Waals surface area contributed by atoms with Crippen molar-refractivity contribution in [1.82, 2.24) is 0 Å². The minimum atomic E-state index is -1.84. The smallest absolute Gasteiger partial charge is 0.316 e. The molecule has 0 unspecified atom stereocenters. The molecule has 14 nitrogen and oxygen atoms in total. The van der Waals surface area contributed by atoms with Crippen molar-refractivity contribution in [1.29, 1.82) is 0 Å². The van der Waals surface area contributed by atoms with Crippen LogP contribution in [0.4, 0.5) is 0 Å². The Labute approximate surface area is 367 Å². The lowest BCUT2D eigenvalue weighted by molar-refractivity contribution is -0.318. The van der Waals surface area contributed by atoms with Gasteiger partial charge in [-0.25, -0.2) is 0 Å². The van der Waals surface area contributed by atoms with Crippen LogP contribution in [0.2, 0.25) is 0 Å². The fourth-order valence-electron chi connectivity index (χ4n) is 10.6. The molecule has 0 aromatic heterocycles. The number of rotatable bonds is 8. The van der Waals surface area contributed by atoms with E-state index in [1.807, 2.05) is 32.1 Å². The third-order valence-electron chi connectivity index (χ3n) is 14.5. The zero-order valence-electron chi connectivity index (χ0n) is 38.2.